The average molecular weight is 336 g/mol. The highest BCUT2D eigenvalue weighted by molar-refractivity contribution is 6.09. The zero-order valence-electron chi connectivity index (χ0n) is 13.8. The minimum absolute atomic E-state index is 0.224. The van der Waals surface area contributed by atoms with Crippen molar-refractivity contribution in [2.45, 2.75) is 6.92 Å². The van der Waals surface area contributed by atoms with Gasteiger partial charge in [-0.05, 0) is 61.0 Å². The van der Waals surface area contributed by atoms with E-state index in [9.17, 15) is 9.59 Å². The Morgan fingerprint density at radius 3 is 2.44 bits per heavy atom. The quantitative estimate of drug-likeness (QED) is 0.559. The van der Waals surface area contributed by atoms with Gasteiger partial charge in [0.25, 0.3) is 0 Å². The number of ether oxygens (including phenoxy) is 1. The molecule has 0 fully saturated rings. The fraction of sp³-hybridized carbons (Fsp3) is 0.100. The maximum atomic E-state index is 12.5. The minimum Gasteiger partial charge on any atom is -0.497 e. The Hall–Kier alpha value is -3.34. The van der Waals surface area contributed by atoms with Crippen molar-refractivity contribution < 1.29 is 23.8 Å². The van der Waals surface area contributed by atoms with Gasteiger partial charge in [-0.3, -0.25) is 4.79 Å². The van der Waals surface area contributed by atoms with E-state index in [1.807, 2.05) is 0 Å². The van der Waals surface area contributed by atoms with Crippen LogP contribution in [-0.4, -0.2) is 24.0 Å². The maximum Gasteiger partial charge on any atom is 0.331 e. The van der Waals surface area contributed by atoms with Crippen molar-refractivity contribution in [3.05, 3.63) is 71.0 Å². The van der Waals surface area contributed by atoms with E-state index in [0.717, 1.165) is 10.9 Å². The van der Waals surface area contributed by atoms with E-state index in [1.54, 1.807) is 61.7 Å². The van der Waals surface area contributed by atoms with Gasteiger partial charge in [-0.2, -0.15) is 0 Å². The van der Waals surface area contributed by atoms with Crippen molar-refractivity contribution in [1.82, 2.24) is 0 Å². The molecule has 1 heterocycles. The molecule has 5 nitrogen and oxygen atoms in total. The first-order valence-electron chi connectivity index (χ1n) is 7.62. The second-order valence-electron chi connectivity index (χ2n) is 5.60. The minimum atomic E-state index is -0.970. The lowest BCUT2D eigenvalue weighted by molar-refractivity contribution is -0.132. The SMILES string of the molecule is COc1ccc(C(=O)c2cc3cc(/C=C(\C)C(=O)O)ccc3o2)cc1. The number of carbonyl (C=O) groups is 2. The molecule has 0 bridgehead atoms. The summed E-state index contributed by atoms with van der Waals surface area (Å²) in [5, 5.41) is 9.70. The Balaban J connectivity index is 1.93. The molecule has 0 unspecified atom stereocenters. The van der Waals surface area contributed by atoms with Crippen molar-refractivity contribution in [1.29, 1.82) is 0 Å². The van der Waals surface area contributed by atoms with Gasteiger partial charge in [-0.1, -0.05) is 6.07 Å². The summed E-state index contributed by atoms with van der Waals surface area (Å²) in [6, 6.07) is 13.7. The fourth-order valence-corrected chi connectivity index (χ4v) is 2.46. The number of aliphatic carboxylic acids is 1. The van der Waals surface area contributed by atoms with Crippen LogP contribution in [0.15, 0.2) is 58.5 Å². The molecule has 1 N–H and O–H groups in total. The molecule has 5 heteroatoms. The lowest BCUT2D eigenvalue weighted by atomic mass is 10.1. The first-order valence-corrected chi connectivity index (χ1v) is 7.62. The molecule has 1 aromatic heterocycles. The van der Waals surface area contributed by atoms with Crippen molar-refractivity contribution >= 4 is 28.8 Å². The summed E-state index contributed by atoms with van der Waals surface area (Å²) in [6.45, 7) is 1.53. The highest BCUT2D eigenvalue weighted by Crippen LogP contribution is 2.24. The number of furan rings is 1. The van der Waals surface area contributed by atoms with Gasteiger partial charge < -0.3 is 14.3 Å². The van der Waals surface area contributed by atoms with Gasteiger partial charge in [-0.25, -0.2) is 4.79 Å². The molecule has 0 amide bonds. The number of carboxylic acid groups (broad SMARTS) is 1. The van der Waals surface area contributed by atoms with Gasteiger partial charge in [0, 0.05) is 16.5 Å². The third-order valence-electron chi connectivity index (χ3n) is 3.84. The molecule has 0 aliphatic carbocycles. The first-order chi connectivity index (χ1) is 12.0. The molecule has 0 saturated heterocycles. The summed E-state index contributed by atoms with van der Waals surface area (Å²) in [6.07, 6.45) is 1.57. The summed E-state index contributed by atoms with van der Waals surface area (Å²) >= 11 is 0. The zero-order chi connectivity index (χ0) is 18.0. The van der Waals surface area contributed by atoms with E-state index in [2.05, 4.69) is 0 Å². The van der Waals surface area contributed by atoms with Crippen LogP contribution in [0.3, 0.4) is 0 Å². The number of ketones is 1. The largest absolute Gasteiger partial charge is 0.497 e. The summed E-state index contributed by atoms with van der Waals surface area (Å²) in [7, 11) is 1.56. The lowest BCUT2D eigenvalue weighted by Crippen LogP contribution is -1.99. The van der Waals surface area contributed by atoms with E-state index in [4.69, 9.17) is 14.3 Å². The predicted molar refractivity (Wildman–Crippen MR) is 93.9 cm³/mol. The van der Waals surface area contributed by atoms with E-state index in [1.165, 1.54) is 6.92 Å². The molecule has 2 aromatic carbocycles. The van der Waals surface area contributed by atoms with Crippen LogP contribution in [0.1, 0.15) is 28.6 Å². The number of carboxylic acids is 1. The van der Waals surface area contributed by atoms with Crippen LogP contribution in [0.5, 0.6) is 5.75 Å². The predicted octanol–water partition coefficient (Wildman–Crippen LogP) is 4.16. The van der Waals surface area contributed by atoms with Gasteiger partial charge in [0.2, 0.25) is 5.78 Å². The van der Waals surface area contributed by atoms with Gasteiger partial charge in [0.15, 0.2) is 5.76 Å². The third kappa shape index (κ3) is 3.45. The number of hydrogen-bond acceptors (Lipinski definition) is 4. The molecule has 0 radical (unpaired) electrons. The van der Waals surface area contributed by atoms with E-state index in [-0.39, 0.29) is 17.1 Å². The summed E-state index contributed by atoms with van der Waals surface area (Å²) in [4.78, 5) is 23.5. The topological polar surface area (TPSA) is 76.7 Å². The van der Waals surface area contributed by atoms with E-state index < -0.39 is 5.97 Å². The normalized spacial score (nSPS) is 11.5. The Morgan fingerprint density at radius 1 is 1.08 bits per heavy atom. The molecule has 0 aliphatic heterocycles. The van der Waals surface area contributed by atoms with Crippen LogP contribution in [0, 0.1) is 0 Å². The number of rotatable bonds is 5. The van der Waals surface area contributed by atoms with Gasteiger partial charge in [-0.15, -0.1) is 0 Å². The highest BCUT2D eigenvalue weighted by Gasteiger charge is 2.15. The van der Waals surface area contributed by atoms with Crippen LogP contribution >= 0.6 is 0 Å². The number of methoxy groups -OCH3 is 1. The van der Waals surface area contributed by atoms with Gasteiger partial charge >= 0.3 is 5.97 Å². The molecular weight excluding hydrogens is 320 g/mol. The molecular formula is C20H16O5. The molecule has 0 aliphatic rings. The van der Waals surface area contributed by atoms with Crippen LogP contribution in [-0.2, 0) is 4.79 Å². The van der Waals surface area contributed by atoms with Crippen molar-refractivity contribution in [3.8, 4) is 5.75 Å². The standard InChI is InChI=1S/C20H16O5/c1-12(20(22)23)9-13-3-8-17-15(10-13)11-18(25-17)19(21)14-4-6-16(24-2)7-5-14/h3-11H,1-2H3,(H,22,23)/b12-9+. The molecule has 0 spiro atoms. The lowest BCUT2D eigenvalue weighted by Gasteiger charge is -2.00. The Kier molecular flexibility index (Phi) is 4.39. The highest BCUT2D eigenvalue weighted by atomic mass is 16.5. The number of carbonyl (C=O) groups excluding carboxylic acids is 1. The van der Waals surface area contributed by atoms with Crippen molar-refractivity contribution in [2.24, 2.45) is 0 Å². The van der Waals surface area contributed by atoms with Crippen molar-refractivity contribution in [2.75, 3.05) is 7.11 Å². The van der Waals surface area contributed by atoms with E-state index >= 15 is 0 Å². The Labute approximate surface area is 144 Å². The summed E-state index contributed by atoms with van der Waals surface area (Å²) in [5.41, 5.74) is 2.04. The molecule has 126 valence electrons. The van der Waals surface area contributed by atoms with Crippen LogP contribution < -0.4 is 4.74 Å². The molecule has 3 rings (SSSR count). The smallest absolute Gasteiger partial charge is 0.331 e. The van der Waals surface area contributed by atoms with Crippen LogP contribution in [0.4, 0.5) is 0 Å². The van der Waals surface area contributed by atoms with Crippen LogP contribution in [0.2, 0.25) is 0 Å². The second kappa shape index (κ2) is 6.65. The van der Waals surface area contributed by atoms with Crippen molar-refractivity contribution in [3.63, 3.8) is 0 Å². The summed E-state index contributed by atoms with van der Waals surface area (Å²) in [5.74, 6) is -0.289. The fourth-order valence-electron chi connectivity index (χ4n) is 2.46. The van der Waals surface area contributed by atoms with Gasteiger partial charge in [0.1, 0.15) is 11.3 Å². The van der Waals surface area contributed by atoms with Gasteiger partial charge in [0.05, 0.1) is 7.11 Å². The van der Waals surface area contributed by atoms with E-state index in [0.29, 0.717) is 16.9 Å². The number of benzene rings is 2. The number of fused-ring (bicyclic) bond motifs is 1. The average Bonchev–Trinajstić information content (AvgIpc) is 3.04. The Bertz CT molecular complexity index is 977. The number of hydrogen-bond donors (Lipinski definition) is 1. The monoisotopic (exact) mass is 336 g/mol. The maximum absolute atomic E-state index is 12.5. The Morgan fingerprint density at radius 2 is 1.80 bits per heavy atom. The van der Waals surface area contributed by atoms with Crippen LogP contribution in [0.25, 0.3) is 17.0 Å². The first kappa shape index (κ1) is 16.5. The summed E-state index contributed by atoms with van der Waals surface area (Å²) < 4.78 is 10.7. The molecule has 3 aromatic rings. The molecule has 0 atom stereocenters. The second-order valence-corrected chi connectivity index (χ2v) is 5.60. The molecule has 25 heavy (non-hydrogen) atoms. The molecule has 0 saturated carbocycles. The zero-order valence-corrected chi connectivity index (χ0v) is 13.8. The third-order valence-corrected chi connectivity index (χ3v) is 3.84.